The molecule has 0 amide bonds. The Bertz CT molecular complexity index is 347. The minimum Gasteiger partial charge on any atom is -0.206 e. The molecule has 0 bridgehead atoms. The van der Waals surface area contributed by atoms with Crippen LogP contribution in [0.4, 0.5) is 4.39 Å². The van der Waals surface area contributed by atoms with E-state index in [1.807, 2.05) is 20.8 Å². The van der Waals surface area contributed by atoms with Gasteiger partial charge in [0.1, 0.15) is 5.82 Å². The fourth-order valence-corrected chi connectivity index (χ4v) is 0.817. The Morgan fingerprint density at radius 1 is 1.15 bits per heavy atom. The largest absolute Gasteiger partial charge is 0.206 e. The molecular formula is C12H13F. The zero-order valence-corrected chi connectivity index (χ0v) is 8.19. The van der Waals surface area contributed by atoms with Crippen LogP contribution in [0.2, 0.25) is 0 Å². The minimum absolute atomic E-state index is 0.0811. The van der Waals surface area contributed by atoms with Crippen molar-refractivity contribution in [3.8, 4) is 11.8 Å². The van der Waals surface area contributed by atoms with Gasteiger partial charge < -0.3 is 0 Å². The topological polar surface area (TPSA) is 0 Å². The molecule has 0 saturated carbocycles. The van der Waals surface area contributed by atoms with Crippen molar-refractivity contribution < 1.29 is 4.39 Å². The zero-order valence-electron chi connectivity index (χ0n) is 8.19. The van der Waals surface area contributed by atoms with Crippen molar-refractivity contribution in [2.24, 2.45) is 5.41 Å². The van der Waals surface area contributed by atoms with Gasteiger partial charge in [0.25, 0.3) is 0 Å². The van der Waals surface area contributed by atoms with E-state index in [1.54, 1.807) is 18.2 Å². The van der Waals surface area contributed by atoms with E-state index in [9.17, 15) is 4.39 Å². The summed E-state index contributed by atoms with van der Waals surface area (Å²) in [6, 6.07) is 6.56. The van der Waals surface area contributed by atoms with Crippen molar-refractivity contribution in [2.45, 2.75) is 20.8 Å². The monoisotopic (exact) mass is 176 g/mol. The number of rotatable bonds is 0. The molecule has 0 heterocycles. The summed E-state index contributed by atoms with van der Waals surface area (Å²) in [4.78, 5) is 0. The molecule has 0 aliphatic carbocycles. The van der Waals surface area contributed by atoms with Crippen LogP contribution in [0, 0.1) is 23.1 Å². The van der Waals surface area contributed by atoms with Gasteiger partial charge in [-0.1, -0.05) is 24.0 Å². The lowest BCUT2D eigenvalue weighted by Crippen LogP contribution is -1.99. The summed E-state index contributed by atoms with van der Waals surface area (Å²) in [6.45, 7) is 6.00. The summed E-state index contributed by atoms with van der Waals surface area (Å²) in [5.74, 6) is 5.57. The first kappa shape index (κ1) is 9.80. The summed E-state index contributed by atoms with van der Waals surface area (Å²) in [5, 5.41) is 0. The Hall–Kier alpha value is -1.29. The summed E-state index contributed by atoms with van der Waals surface area (Å²) in [7, 11) is 0. The summed E-state index contributed by atoms with van der Waals surface area (Å²) < 4.78 is 13.1. The molecule has 0 atom stereocenters. The molecule has 1 rings (SSSR count). The standard InChI is InChI=1S/C12H13F/c1-12(2,3)9-8-10-6-4-5-7-11(10)13/h4-7H,1-3H3. The van der Waals surface area contributed by atoms with E-state index in [1.165, 1.54) is 6.07 Å². The number of hydrogen-bond donors (Lipinski definition) is 0. The molecule has 0 saturated heterocycles. The Balaban J connectivity index is 2.97. The van der Waals surface area contributed by atoms with Gasteiger partial charge in [-0.05, 0) is 32.9 Å². The van der Waals surface area contributed by atoms with Gasteiger partial charge in [0.2, 0.25) is 0 Å². The predicted octanol–water partition coefficient (Wildman–Crippen LogP) is 3.22. The van der Waals surface area contributed by atoms with Gasteiger partial charge >= 0.3 is 0 Å². The van der Waals surface area contributed by atoms with Crippen LogP contribution in [0.15, 0.2) is 24.3 Å². The van der Waals surface area contributed by atoms with Gasteiger partial charge in [-0.25, -0.2) is 4.39 Å². The minimum atomic E-state index is -0.251. The molecule has 0 spiro atoms. The highest BCUT2D eigenvalue weighted by atomic mass is 19.1. The highest BCUT2D eigenvalue weighted by Gasteiger charge is 2.04. The Kier molecular flexibility index (Phi) is 2.72. The van der Waals surface area contributed by atoms with E-state index < -0.39 is 0 Å². The van der Waals surface area contributed by atoms with Crippen molar-refractivity contribution in [3.63, 3.8) is 0 Å². The second kappa shape index (κ2) is 3.62. The summed E-state index contributed by atoms with van der Waals surface area (Å²) in [5.41, 5.74) is 0.389. The lowest BCUT2D eigenvalue weighted by atomic mass is 9.97. The average molecular weight is 176 g/mol. The van der Waals surface area contributed by atoms with E-state index in [-0.39, 0.29) is 11.2 Å². The maximum atomic E-state index is 13.1. The number of halogens is 1. The number of benzene rings is 1. The molecule has 0 nitrogen and oxygen atoms in total. The molecule has 0 fully saturated rings. The van der Waals surface area contributed by atoms with E-state index in [2.05, 4.69) is 11.8 Å². The van der Waals surface area contributed by atoms with Gasteiger partial charge in [-0.3, -0.25) is 0 Å². The van der Waals surface area contributed by atoms with E-state index in [4.69, 9.17) is 0 Å². The normalized spacial score (nSPS) is 10.5. The van der Waals surface area contributed by atoms with Crippen LogP contribution < -0.4 is 0 Å². The molecule has 0 N–H and O–H groups in total. The molecule has 1 aromatic carbocycles. The van der Waals surface area contributed by atoms with Crippen LogP contribution in [0.25, 0.3) is 0 Å². The van der Waals surface area contributed by atoms with E-state index >= 15 is 0 Å². The first-order chi connectivity index (χ1) is 5.99. The highest BCUT2D eigenvalue weighted by molar-refractivity contribution is 5.36. The van der Waals surface area contributed by atoms with Gasteiger partial charge in [0.15, 0.2) is 0 Å². The molecule has 0 aromatic heterocycles. The average Bonchev–Trinajstić information content (AvgIpc) is 2.01. The lowest BCUT2D eigenvalue weighted by Gasteiger charge is -2.06. The first-order valence-electron chi connectivity index (χ1n) is 4.27. The molecule has 13 heavy (non-hydrogen) atoms. The third-order valence-corrected chi connectivity index (χ3v) is 1.45. The molecule has 0 unspecified atom stereocenters. The second-order valence-electron chi connectivity index (χ2n) is 3.98. The Morgan fingerprint density at radius 2 is 1.77 bits per heavy atom. The Morgan fingerprint density at radius 3 is 2.31 bits per heavy atom. The third kappa shape index (κ3) is 3.29. The smallest absolute Gasteiger partial charge is 0.138 e. The number of hydrogen-bond acceptors (Lipinski definition) is 0. The third-order valence-electron chi connectivity index (χ3n) is 1.45. The molecule has 68 valence electrons. The maximum absolute atomic E-state index is 13.1. The molecule has 0 aliphatic heterocycles. The first-order valence-corrected chi connectivity index (χ1v) is 4.27. The van der Waals surface area contributed by atoms with Crippen molar-refractivity contribution in [1.82, 2.24) is 0 Å². The molecule has 0 radical (unpaired) electrons. The second-order valence-corrected chi connectivity index (χ2v) is 3.98. The van der Waals surface area contributed by atoms with Gasteiger partial charge in [-0.2, -0.15) is 0 Å². The van der Waals surface area contributed by atoms with Crippen LogP contribution >= 0.6 is 0 Å². The quantitative estimate of drug-likeness (QED) is 0.532. The fraction of sp³-hybridized carbons (Fsp3) is 0.333. The molecule has 1 aromatic rings. The predicted molar refractivity (Wildman–Crippen MR) is 52.7 cm³/mol. The van der Waals surface area contributed by atoms with Crippen LogP contribution in [0.3, 0.4) is 0 Å². The maximum Gasteiger partial charge on any atom is 0.138 e. The van der Waals surface area contributed by atoms with Gasteiger partial charge in [-0.15, -0.1) is 0 Å². The van der Waals surface area contributed by atoms with Gasteiger partial charge in [0, 0.05) is 5.41 Å². The molecule has 0 aliphatic rings. The van der Waals surface area contributed by atoms with Crippen molar-refractivity contribution in [2.75, 3.05) is 0 Å². The van der Waals surface area contributed by atoms with Crippen LogP contribution in [-0.2, 0) is 0 Å². The Labute approximate surface area is 78.8 Å². The lowest BCUT2D eigenvalue weighted by molar-refractivity contribution is 0.570. The van der Waals surface area contributed by atoms with Crippen LogP contribution in [0.1, 0.15) is 26.3 Å². The molecule has 1 heteroatoms. The fourth-order valence-electron chi connectivity index (χ4n) is 0.817. The highest BCUT2D eigenvalue weighted by Crippen LogP contribution is 2.11. The summed E-state index contributed by atoms with van der Waals surface area (Å²) >= 11 is 0. The zero-order chi connectivity index (χ0) is 9.90. The van der Waals surface area contributed by atoms with Crippen molar-refractivity contribution in [3.05, 3.63) is 35.6 Å². The van der Waals surface area contributed by atoms with Gasteiger partial charge in [0.05, 0.1) is 5.56 Å². The molecular weight excluding hydrogens is 163 g/mol. The SMILES string of the molecule is CC(C)(C)C#Cc1ccccc1F. The van der Waals surface area contributed by atoms with Crippen LogP contribution in [0.5, 0.6) is 0 Å². The van der Waals surface area contributed by atoms with Crippen LogP contribution in [-0.4, -0.2) is 0 Å². The van der Waals surface area contributed by atoms with E-state index in [0.717, 1.165) is 0 Å². The summed E-state index contributed by atoms with van der Waals surface area (Å²) in [6.07, 6.45) is 0. The van der Waals surface area contributed by atoms with Crippen molar-refractivity contribution >= 4 is 0 Å². The van der Waals surface area contributed by atoms with Crippen molar-refractivity contribution in [1.29, 1.82) is 0 Å². The van der Waals surface area contributed by atoms with E-state index in [0.29, 0.717) is 5.56 Å².